The predicted molar refractivity (Wildman–Crippen MR) is 66.8 cm³/mol. The van der Waals surface area contributed by atoms with Gasteiger partial charge in [-0.25, -0.2) is 0 Å². The Hall–Kier alpha value is -1.76. The monoisotopic (exact) mass is 212 g/mol. The van der Waals surface area contributed by atoms with Crippen LogP contribution in [-0.4, -0.2) is 5.11 Å². The lowest BCUT2D eigenvalue weighted by Crippen LogP contribution is -1.95. The van der Waals surface area contributed by atoms with Crippen molar-refractivity contribution in [2.45, 2.75) is 20.3 Å². The average molecular weight is 212 g/mol. The van der Waals surface area contributed by atoms with E-state index < -0.39 is 0 Å². The fourth-order valence-corrected chi connectivity index (χ4v) is 2.05. The molecule has 2 rings (SSSR count). The summed E-state index contributed by atoms with van der Waals surface area (Å²) in [6.07, 6.45) is 0.929. The highest BCUT2D eigenvalue weighted by molar-refractivity contribution is 5.42. The van der Waals surface area contributed by atoms with Gasteiger partial charge in [-0.1, -0.05) is 30.3 Å². The zero-order chi connectivity index (χ0) is 11.5. The molecule has 1 nitrogen and oxygen atoms in total. The first-order valence-electron chi connectivity index (χ1n) is 5.50. The van der Waals surface area contributed by atoms with Crippen LogP contribution >= 0.6 is 0 Å². The minimum absolute atomic E-state index is 0.354. The summed E-state index contributed by atoms with van der Waals surface area (Å²) in [5.74, 6) is 0.354. The summed E-state index contributed by atoms with van der Waals surface area (Å²) >= 11 is 0. The Balaban J connectivity index is 2.35. The number of hydrogen-bond acceptors (Lipinski definition) is 1. The fourth-order valence-electron chi connectivity index (χ4n) is 2.05. The largest absolute Gasteiger partial charge is 0.508 e. The first-order chi connectivity index (χ1) is 7.66. The molecule has 82 valence electrons. The zero-order valence-electron chi connectivity index (χ0n) is 9.70. The van der Waals surface area contributed by atoms with Crippen molar-refractivity contribution in [3.63, 3.8) is 0 Å². The van der Waals surface area contributed by atoms with Crippen molar-refractivity contribution in [2.24, 2.45) is 0 Å². The second-order valence-corrected chi connectivity index (χ2v) is 4.22. The minimum Gasteiger partial charge on any atom is -0.508 e. The quantitative estimate of drug-likeness (QED) is 0.806. The normalized spacial score (nSPS) is 10.4. The third kappa shape index (κ3) is 2.25. The Morgan fingerprint density at radius 1 is 0.938 bits per heavy atom. The van der Waals surface area contributed by atoms with Gasteiger partial charge in [0, 0.05) is 0 Å². The number of phenolic OH excluding ortho intramolecular Hbond substituents is 1. The Labute approximate surface area is 96.4 Å². The van der Waals surface area contributed by atoms with E-state index in [4.69, 9.17) is 0 Å². The molecule has 2 aromatic carbocycles. The highest BCUT2D eigenvalue weighted by Crippen LogP contribution is 2.23. The highest BCUT2D eigenvalue weighted by Gasteiger charge is 2.05. The van der Waals surface area contributed by atoms with E-state index >= 15 is 0 Å². The maximum absolute atomic E-state index is 9.48. The second-order valence-electron chi connectivity index (χ2n) is 4.22. The van der Waals surface area contributed by atoms with Crippen LogP contribution in [0.5, 0.6) is 5.75 Å². The van der Waals surface area contributed by atoms with Gasteiger partial charge in [-0.3, -0.25) is 0 Å². The molecule has 1 N–H and O–H groups in total. The number of aromatic hydroxyl groups is 1. The van der Waals surface area contributed by atoms with Crippen molar-refractivity contribution in [1.29, 1.82) is 0 Å². The van der Waals surface area contributed by atoms with Crippen LogP contribution in [-0.2, 0) is 6.42 Å². The summed E-state index contributed by atoms with van der Waals surface area (Å²) in [5, 5.41) is 9.48. The third-order valence-electron chi connectivity index (χ3n) is 2.90. The molecule has 0 amide bonds. The smallest absolute Gasteiger partial charge is 0.116 e. The predicted octanol–water partition coefficient (Wildman–Crippen LogP) is 3.60. The number of benzene rings is 2. The van der Waals surface area contributed by atoms with Crippen molar-refractivity contribution in [1.82, 2.24) is 0 Å². The lowest BCUT2D eigenvalue weighted by atomic mass is 9.96. The van der Waals surface area contributed by atoms with E-state index in [1.165, 1.54) is 11.1 Å². The average Bonchev–Trinajstić information content (AvgIpc) is 2.25. The van der Waals surface area contributed by atoms with Crippen LogP contribution in [0.3, 0.4) is 0 Å². The molecule has 0 aliphatic carbocycles. The van der Waals surface area contributed by atoms with Gasteiger partial charge in [-0.05, 0) is 54.7 Å². The topological polar surface area (TPSA) is 20.2 Å². The molecule has 2 aromatic rings. The van der Waals surface area contributed by atoms with Gasteiger partial charge in [0.25, 0.3) is 0 Å². The van der Waals surface area contributed by atoms with E-state index in [1.807, 2.05) is 32.0 Å². The lowest BCUT2D eigenvalue weighted by molar-refractivity contribution is 0.474. The first kappa shape index (κ1) is 10.7. The minimum atomic E-state index is 0.354. The molecular formula is C15H16O. The van der Waals surface area contributed by atoms with E-state index in [1.54, 1.807) is 0 Å². The Morgan fingerprint density at radius 2 is 1.50 bits per heavy atom. The molecule has 0 spiro atoms. The summed E-state index contributed by atoms with van der Waals surface area (Å²) in [5.41, 5.74) is 4.92. The Morgan fingerprint density at radius 3 is 2.06 bits per heavy atom. The zero-order valence-corrected chi connectivity index (χ0v) is 9.70. The standard InChI is InChI=1S/C15H16O/c1-11-8-14(16)9-12(2)15(11)10-13-6-4-3-5-7-13/h3-9,16H,10H2,1-2H3. The summed E-state index contributed by atoms with van der Waals surface area (Å²) in [7, 11) is 0. The van der Waals surface area contributed by atoms with Gasteiger partial charge in [0.2, 0.25) is 0 Å². The molecule has 0 saturated carbocycles. The maximum atomic E-state index is 9.48. The summed E-state index contributed by atoms with van der Waals surface area (Å²) < 4.78 is 0. The molecule has 0 aromatic heterocycles. The Bertz CT molecular complexity index is 463. The van der Waals surface area contributed by atoms with Crippen LogP contribution in [0.25, 0.3) is 0 Å². The van der Waals surface area contributed by atoms with Gasteiger partial charge in [-0.2, -0.15) is 0 Å². The molecule has 0 atom stereocenters. The SMILES string of the molecule is Cc1cc(O)cc(C)c1Cc1ccccc1. The molecule has 0 radical (unpaired) electrons. The number of hydrogen-bond donors (Lipinski definition) is 1. The van der Waals surface area contributed by atoms with E-state index in [0.717, 1.165) is 17.5 Å². The fraction of sp³-hybridized carbons (Fsp3) is 0.200. The molecule has 16 heavy (non-hydrogen) atoms. The van der Waals surface area contributed by atoms with Crippen molar-refractivity contribution in [2.75, 3.05) is 0 Å². The molecule has 0 heterocycles. The number of aryl methyl sites for hydroxylation is 2. The molecule has 0 aliphatic heterocycles. The van der Waals surface area contributed by atoms with Gasteiger partial charge < -0.3 is 5.11 Å². The Kier molecular flexibility index (Phi) is 2.95. The molecule has 0 unspecified atom stereocenters. The van der Waals surface area contributed by atoms with Crippen LogP contribution in [0.4, 0.5) is 0 Å². The summed E-state index contributed by atoms with van der Waals surface area (Å²) in [6.45, 7) is 4.09. The molecule has 0 saturated heterocycles. The summed E-state index contributed by atoms with van der Waals surface area (Å²) in [6, 6.07) is 14.1. The number of rotatable bonds is 2. The lowest BCUT2D eigenvalue weighted by Gasteiger charge is -2.10. The molecule has 0 fully saturated rings. The van der Waals surface area contributed by atoms with Gasteiger partial charge >= 0.3 is 0 Å². The van der Waals surface area contributed by atoms with Crippen molar-refractivity contribution in [3.05, 3.63) is 64.7 Å². The molecular weight excluding hydrogens is 196 g/mol. The van der Waals surface area contributed by atoms with Crippen LogP contribution in [0.2, 0.25) is 0 Å². The van der Waals surface area contributed by atoms with Crippen LogP contribution < -0.4 is 0 Å². The highest BCUT2D eigenvalue weighted by atomic mass is 16.3. The summed E-state index contributed by atoms with van der Waals surface area (Å²) in [4.78, 5) is 0. The van der Waals surface area contributed by atoms with Crippen molar-refractivity contribution < 1.29 is 5.11 Å². The second kappa shape index (κ2) is 4.40. The maximum Gasteiger partial charge on any atom is 0.116 e. The number of phenols is 1. The molecule has 0 bridgehead atoms. The van der Waals surface area contributed by atoms with E-state index in [9.17, 15) is 5.11 Å². The van der Waals surface area contributed by atoms with Crippen molar-refractivity contribution in [3.8, 4) is 5.75 Å². The van der Waals surface area contributed by atoms with Gasteiger partial charge in [-0.15, -0.1) is 0 Å². The molecule has 1 heteroatoms. The van der Waals surface area contributed by atoms with E-state index in [2.05, 4.69) is 24.3 Å². The van der Waals surface area contributed by atoms with Gasteiger partial charge in [0.1, 0.15) is 5.75 Å². The third-order valence-corrected chi connectivity index (χ3v) is 2.90. The van der Waals surface area contributed by atoms with Crippen LogP contribution in [0.15, 0.2) is 42.5 Å². The molecule has 0 aliphatic rings. The first-order valence-corrected chi connectivity index (χ1v) is 5.50. The van der Waals surface area contributed by atoms with E-state index in [0.29, 0.717) is 5.75 Å². The van der Waals surface area contributed by atoms with Crippen LogP contribution in [0, 0.1) is 13.8 Å². The van der Waals surface area contributed by atoms with E-state index in [-0.39, 0.29) is 0 Å². The van der Waals surface area contributed by atoms with Crippen LogP contribution in [0.1, 0.15) is 22.3 Å². The van der Waals surface area contributed by atoms with Crippen molar-refractivity contribution >= 4 is 0 Å². The van der Waals surface area contributed by atoms with Gasteiger partial charge in [0.15, 0.2) is 0 Å². The van der Waals surface area contributed by atoms with Gasteiger partial charge in [0.05, 0.1) is 0 Å².